The highest BCUT2D eigenvalue weighted by Gasteiger charge is 2.50. The molecule has 3 aromatic carbocycles. The van der Waals surface area contributed by atoms with Gasteiger partial charge in [0.15, 0.2) is 6.67 Å². The Kier molecular flexibility index (Phi) is 5.18. The monoisotopic (exact) mass is 404 g/mol. The lowest BCUT2D eigenvalue weighted by Gasteiger charge is -2.23. The largest absolute Gasteiger partial charge is 0.497 e. The molecule has 4 rings (SSSR count). The standard InChI is InChI=1S/C24H25N3O3/c1-24(20-11-10-18-6-4-5-7-19(18)14-20)22(28)27(23(29)25-24)16-26(2)15-17-8-12-21(30-3)13-9-17/h4-14H,15-16H2,1-3H3,(H,25,29)/p+1/t24-/m1/s1. The van der Waals surface area contributed by atoms with Gasteiger partial charge in [0.05, 0.1) is 14.2 Å². The molecular formula is C24H26N3O3+. The minimum Gasteiger partial charge on any atom is -0.497 e. The zero-order chi connectivity index (χ0) is 21.3. The van der Waals surface area contributed by atoms with Gasteiger partial charge in [-0.1, -0.05) is 36.4 Å². The predicted molar refractivity (Wildman–Crippen MR) is 115 cm³/mol. The molecule has 0 aliphatic carbocycles. The van der Waals surface area contributed by atoms with Crippen LogP contribution in [0, 0.1) is 0 Å². The smallest absolute Gasteiger partial charge is 0.329 e. The molecule has 3 amide bonds. The Labute approximate surface area is 176 Å². The van der Waals surface area contributed by atoms with Crippen molar-refractivity contribution >= 4 is 22.7 Å². The molecule has 0 spiro atoms. The van der Waals surface area contributed by atoms with E-state index in [0.717, 1.165) is 32.5 Å². The summed E-state index contributed by atoms with van der Waals surface area (Å²) in [6, 6.07) is 21.3. The average Bonchev–Trinajstić information content (AvgIpc) is 2.98. The molecule has 1 aliphatic heterocycles. The molecule has 3 aromatic rings. The molecular weight excluding hydrogens is 378 g/mol. The van der Waals surface area contributed by atoms with E-state index >= 15 is 0 Å². The fourth-order valence-corrected chi connectivity index (χ4v) is 3.95. The van der Waals surface area contributed by atoms with Gasteiger partial charge in [-0.2, -0.15) is 0 Å². The van der Waals surface area contributed by atoms with Gasteiger partial charge < -0.3 is 15.0 Å². The van der Waals surface area contributed by atoms with Crippen LogP contribution >= 0.6 is 0 Å². The molecule has 6 nitrogen and oxygen atoms in total. The second-order valence-corrected chi connectivity index (χ2v) is 7.99. The van der Waals surface area contributed by atoms with Crippen LogP contribution in [-0.4, -0.2) is 37.7 Å². The van der Waals surface area contributed by atoms with Crippen molar-refractivity contribution in [2.75, 3.05) is 20.8 Å². The summed E-state index contributed by atoms with van der Waals surface area (Å²) < 4.78 is 5.19. The summed E-state index contributed by atoms with van der Waals surface area (Å²) in [6.07, 6.45) is 0. The molecule has 30 heavy (non-hydrogen) atoms. The number of urea groups is 1. The molecule has 1 heterocycles. The fourth-order valence-electron chi connectivity index (χ4n) is 3.95. The fraction of sp³-hybridized carbons (Fsp3) is 0.250. The van der Waals surface area contributed by atoms with Crippen molar-refractivity contribution in [3.63, 3.8) is 0 Å². The van der Waals surface area contributed by atoms with Crippen molar-refractivity contribution < 1.29 is 19.2 Å². The maximum Gasteiger partial charge on any atom is 0.329 e. The van der Waals surface area contributed by atoms with Crippen molar-refractivity contribution in [3.8, 4) is 5.75 Å². The molecule has 0 aromatic heterocycles. The lowest BCUT2D eigenvalue weighted by atomic mass is 9.90. The van der Waals surface area contributed by atoms with E-state index in [2.05, 4.69) is 5.32 Å². The van der Waals surface area contributed by atoms with Gasteiger partial charge >= 0.3 is 6.03 Å². The number of nitrogens with zero attached hydrogens (tertiary/aromatic N) is 1. The lowest BCUT2D eigenvalue weighted by molar-refractivity contribution is -0.901. The molecule has 2 atom stereocenters. The van der Waals surface area contributed by atoms with Gasteiger partial charge in [-0.3, -0.25) is 4.79 Å². The molecule has 1 aliphatic rings. The molecule has 1 unspecified atom stereocenters. The molecule has 1 fully saturated rings. The quantitative estimate of drug-likeness (QED) is 0.620. The van der Waals surface area contributed by atoms with Gasteiger partial charge in [0.1, 0.15) is 17.8 Å². The van der Waals surface area contributed by atoms with Crippen molar-refractivity contribution in [3.05, 3.63) is 77.9 Å². The summed E-state index contributed by atoms with van der Waals surface area (Å²) in [6.45, 7) is 2.75. The highest BCUT2D eigenvalue weighted by Crippen LogP contribution is 2.30. The van der Waals surface area contributed by atoms with E-state index in [4.69, 9.17) is 4.74 Å². The molecule has 0 bridgehead atoms. The van der Waals surface area contributed by atoms with Gasteiger partial charge in [-0.05, 0) is 53.6 Å². The van der Waals surface area contributed by atoms with E-state index in [1.165, 1.54) is 4.90 Å². The Morgan fingerprint density at radius 3 is 2.40 bits per heavy atom. The second-order valence-electron chi connectivity index (χ2n) is 7.99. The van der Waals surface area contributed by atoms with Crippen molar-refractivity contribution in [2.45, 2.75) is 19.0 Å². The first-order chi connectivity index (χ1) is 14.4. The summed E-state index contributed by atoms with van der Waals surface area (Å²) in [4.78, 5) is 28.3. The summed E-state index contributed by atoms with van der Waals surface area (Å²) in [5, 5.41) is 5.04. The van der Waals surface area contributed by atoms with Crippen molar-refractivity contribution in [1.82, 2.24) is 10.2 Å². The van der Waals surface area contributed by atoms with Gasteiger partial charge in [0.25, 0.3) is 5.91 Å². The zero-order valence-electron chi connectivity index (χ0n) is 17.4. The first kappa shape index (κ1) is 19.9. The third-order valence-corrected chi connectivity index (χ3v) is 5.69. The van der Waals surface area contributed by atoms with E-state index < -0.39 is 5.54 Å². The number of nitrogens with one attached hydrogen (secondary N) is 2. The third kappa shape index (κ3) is 3.62. The Bertz CT molecular complexity index is 1100. The number of fused-ring (bicyclic) bond motifs is 1. The molecule has 1 saturated heterocycles. The van der Waals surface area contributed by atoms with Crippen LogP contribution in [0.25, 0.3) is 10.8 Å². The number of hydrogen-bond acceptors (Lipinski definition) is 3. The van der Waals surface area contributed by atoms with E-state index in [1.54, 1.807) is 14.0 Å². The summed E-state index contributed by atoms with van der Waals surface area (Å²) in [7, 11) is 3.60. The van der Waals surface area contributed by atoms with E-state index in [9.17, 15) is 9.59 Å². The Morgan fingerprint density at radius 1 is 1.00 bits per heavy atom. The van der Waals surface area contributed by atoms with E-state index in [-0.39, 0.29) is 11.9 Å². The maximum absolute atomic E-state index is 13.3. The molecule has 2 N–H and O–H groups in total. The predicted octanol–water partition coefficient (Wildman–Crippen LogP) is 2.29. The normalized spacial score (nSPS) is 19.8. The van der Waals surface area contributed by atoms with Gasteiger partial charge in [0.2, 0.25) is 0 Å². The van der Waals surface area contributed by atoms with E-state index in [0.29, 0.717) is 13.2 Å². The number of benzene rings is 3. The first-order valence-corrected chi connectivity index (χ1v) is 9.98. The number of carbonyl (C=O) groups excluding carboxylic acids is 2. The summed E-state index contributed by atoms with van der Waals surface area (Å²) in [5.41, 5.74) is 0.828. The number of ether oxygens (including phenoxy) is 1. The number of methoxy groups -OCH3 is 1. The van der Waals surface area contributed by atoms with Crippen LogP contribution in [0.5, 0.6) is 5.75 Å². The minimum atomic E-state index is -1.07. The minimum absolute atomic E-state index is 0.225. The second kappa shape index (κ2) is 7.80. The topological polar surface area (TPSA) is 63.1 Å². The molecule has 154 valence electrons. The van der Waals surface area contributed by atoms with Crippen molar-refractivity contribution in [2.24, 2.45) is 0 Å². The molecule has 0 saturated carbocycles. The highest BCUT2D eigenvalue weighted by atomic mass is 16.5. The third-order valence-electron chi connectivity index (χ3n) is 5.69. The number of rotatable bonds is 6. The van der Waals surface area contributed by atoms with Crippen LogP contribution in [0.2, 0.25) is 0 Å². The zero-order valence-corrected chi connectivity index (χ0v) is 17.4. The van der Waals surface area contributed by atoms with Gasteiger partial charge in [0, 0.05) is 5.56 Å². The van der Waals surface area contributed by atoms with Crippen LogP contribution in [0.1, 0.15) is 18.1 Å². The number of quaternary nitrogens is 1. The molecule has 0 radical (unpaired) electrons. The highest BCUT2D eigenvalue weighted by molar-refractivity contribution is 6.07. The Morgan fingerprint density at radius 2 is 1.70 bits per heavy atom. The lowest BCUT2D eigenvalue weighted by Crippen LogP contribution is -3.09. The summed E-state index contributed by atoms with van der Waals surface area (Å²) >= 11 is 0. The van der Waals surface area contributed by atoms with E-state index in [1.807, 2.05) is 73.8 Å². The van der Waals surface area contributed by atoms with Gasteiger partial charge in [-0.25, -0.2) is 9.69 Å². The number of amides is 3. The number of hydrogen-bond donors (Lipinski definition) is 2. The number of imide groups is 1. The summed E-state index contributed by atoms with van der Waals surface area (Å²) in [5.74, 6) is 0.577. The van der Waals surface area contributed by atoms with Crippen LogP contribution in [0.4, 0.5) is 4.79 Å². The SMILES string of the molecule is COc1ccc(C[NH+](C)CN2C(=O)N[C@](C)(c3ccc4ccccc4c3)C2=O)cc1. The van der Waals surface area contributed by atoms with Crippen LogP contribution in [0.3, 0.4) is 0 Å². The Hall–Kier alpha value is -3.38. The van der Waals surface area contributed by atoms with Gasteiger partial charge in [-0.15, -0.1) is 0 Å². The molecule has 6 heteroatoms. The van der Waals surface area contributed by atoms with Crippen LogP contribution in [-0.2, 0) is 16.9 Å². The Balaban J connectivity index is 1.50. The van der Waals surface area contributed by atoms with Crippen LogP contribution < -0.4 is 15.0 Å². The first-order valence-electron chi connectivity index (χ1n) is 9.98. The average molecular weight is 404 g/mol. The number of carbonyl (C=O) groups is 2. The van der Waals surface area contributed by atoms with Crippen molar-refractivity contribution in [1.29, 1.82) is 0 Å². The maximum atomic E-state index is 13.3. The van der Waals surface area contributed by atoms with Crippen LogP contribution in [0.15, 0.2) is 66.7 Å².